The fourth-order valence-electron chi connectivity index (χ4n) is 3.86. The molecule has 5 nitrogen and oxygen atoms in total. The van der Waals surface area contributed by atoms with Crippen molar-refractivity contribution < 1.29 is 4.39 Å². The number of aromatic nitrogens is 4. The van der Waals surface area contributed by atoms with Gasteiger partial charge in [0, 0.05) is 18.1 Å². The van der Waals surface area contributed by atoms with Crippen LogP contribution in [-0.4, -0.2) is 38.2 Å². The van der Waals surface area contributed by atoms with Gasteiger partial charge in [-0.2, -0.15) is 0 Å². The number of tetrazole rings is 1. The first-order valence-corrected chi connectivity index (χ1v) is 10.4. The molecule has 1 aliphatic heterocycles. The lowest BCUT2D eigenvalue weighted by atomic mass is 9.96. The smallest absolute Gasteiger partial charge is 0.173 e. The van der Waals surface area contributed by atoms with Gasteiger partial charge >= 0.3 is 0 Å². The third-order valence-corrected chi connectivity index (χ3v) is 5.63. The van der Waals surface area contributed by atoms with Crippen molar-refractivity contribution in [3.8, 4) is 0 Å². The molecule has 3 aromatic rings. The Hall–Kier alpha value is -2.57. The van der Waals surface area contributed by atoms with Gasteiger partial charge in [-0.05, 0) is 78.6 Å². The van der Waals surface area contributed by atoms with Crippen LogP contribution in [-0.2, 0) is 5.54 Å². The van der Waals surface area contributed by atoms with Crippen molar-refractivity contribution in [1.82, 2.24) is 25.1 Å². The number of benzene rings is 2. The maximum atomic E-state index is 13.3. The molecule has 1 aliphatic rings. The van der Waals surface area contributed by atoms with E-state index in [2.05, 4.69) is 47.3 Å². The summed E-state index contributed by atoms with van der Waals surface area (Å²) >= 11 is 6.13. The Bertz CT molecular complexity index is 1030. The summed E-state index contributed by atoms with van der Waals surface area (Å²) < 4.78 is 15.2. The van der Waals surface area contributed by atoms with Crippen molar-refractivity contribution in [2.75, 3.05) is 13.1 Å². The lowest BCUT2D eigenvalue weighted by Crippen LogP contribution is -2.37. The Morgan fingerprint density at radius 3 is 2.33 bits per heavy atom. The fourth-order valence-corrected chi connectivity index (χ4v) is 3.98. The van der Waals surface area contributed by atoms with Gasteiger partial charge in [0.15, 0.2) is 5.82 Å². The highest BCUT2D eigenvalue weighted by molar-refractivity contribution is 6.30. The van der Waals surface area contributed by atoms with Gasteiger partial charge < -0.3 is 0 Å². The molecule has 1 atom stereocenters. The van der Waals surface area contributed by atoms with Crippen LogP contribution < -0.4 is 0 Å². The second-order valence-corrected chi connectivity index (χ2v) is 8.99. The first-order chi connectivity index (χ1) is 14.3. The molecule has 0 spiro atoms. The summed E-state index contributed by atoms with van der Waals surface area (Å²) in [4.78, 5) is 2.37. The minimum atomic E-state index is -0.242. The molecule has 2 heterocycles. The molecule has 0 bridgehead atoms. The first-order valence-electron chi connectivity index (χ1n) is 10.1. The van der Waals surface area contributed by atoms with Gasteiger partial charge in [0.25, 0.3) is 0 Å². The summed E-state index contributed by atoms with van der Waals surface area (Å²) in [5, 5.41) is 13.4. The van der Waals surface area contributed by atoms with Gasteiger partial charge in [0.05, 0.1) is 11.6 Å². The predicted molar refractivity (Wildman–Crippen MR) is 117 cm³/mol. The number of rotatable bonds is 4. The maximum Gasteiger partial charge on any atom is 0.173 e. The van der Waals surface area contributed by atoms with Crippen LogP contribution in [0.15, 0.2) is 54.6 Å². The fraction of sp³-hybridized carbons (Fsp3) is 0.348. The zero-order chi connectivity index (χ0) is 21.3. The van der Waals surface area contributed by atoms with E-state index in [1.54, 1.807) is 0 Å². The van der Waals surface area contributed by atoms with Crippen molar-refractivity contribution in [1.29, 1.82) is 0 Å². The van der Waals surface area contributed by atoms with Gasteiger partial charge in [-0.25, -0.2) is 9.07 Å². The van der Waals surface area contributed by atoms with E-state index in [0.717, 1.165) is 36.5 Å². The van der Waals surface area contributed by atoms with Gasteiger partial charge in [0.1, 0.15) is 5.82 Å². The minimum Gasteiger partial charge on any atom is -0.286 e. The maximum absolute atomic E-state index is 13.3. The third-order valence-electron chi connectivity index (χ3n) is 5.38. The molecular formula is C23H25ClFN5. The Kier molecular flexibility index (Phi) is 5.71. The van der Waals surface area contributed by atoms with Gasteiger partial charge in [-0.15, -0.1) is 5.10 Å². The lowest BCUT2D eigenvalue weighted by molar-refractivity contribution is 0.220. The summed E-state index contributed by atoms with van der Waals surface area (Å²) in [5.74, 6) is 0.594. The quantitative estimate of drug-likeness (QED) is 0.583. The Morgan fingerprint density at radius 1 is 1.03 bits per heavy atom. The number of nitrogens with zero attached hydrogens (tertiary/aromatic N) is 5. The second-order valence-electron chi connectivity index (χ2n) is 8.55. The van der Waals surface area contributed by atoms with Crippen molar-refractivity contribution in [3.63, 3.8) is 0 Å². The Balaban J connectivity index is 1.68. The molecule has 0 aliphatic carbocycles. The van der Waals surface area contributed by atoms with Crippen LogP contribution in [0.25, 0.3) is 5.57 Å². The molecule has 2 aromatic carbocycles. The molecule has 30 heavy (non-hydrogen) atoms. The van der Waals surface area contributed by atoms with E-state index in [-0.39, 0.29) is 17.4 Å². The zero-order valence-corrected chi connectivity index (χ0v) is 18.1. The average Bonchev–Trinajstić information content (AvgIpc) is 3.21. The summed E-state index contributed by atoms with van der Waals surface area (Å²) in [6, 6.07) is 14.5. The third kappa shape index (κ3) is 4.30. The Morgan fingerprint density at radius 2 is 1.73 bits per heavy atom. The van der Waals surface area contributed by atoms with E-state index in [0.29, 0.717) is 5.02 Å². The largest absolute Gasteiger partial charge is 0.286 e. The molecule has 0 N–H and O–H groups in total. The first kappa shape index (κ1) is 20.7. The van der Waals surface area contributed by atoms with Crippen LogP contribution >= 0.6 is 11.6 Å². The van der Waals surface area contributed by atoms with E-state index in [1.807, 2.05) is 41.1 Å². The normalized spacial score (nSPS) is 16.4. The molecule has 7 heteroatoms. The SMILES string of the molecule is CC(C)(C)n1nnnc1C(c1ccc(Cl)cc1)N1CC=C(c2ccc(F)cc2)CC1. The number of halogens is 2. The predicted octanol–water partition coefficient (Wildman–Crippen LogP) is 5.10. The molecule has 0 saturated carbocycles. The van der Waals surface area contributed by atoms with Gasteiger partial charge in [0.2, 0.25) is 0 Å². The van der Waals surface area contributed by atoms with E-state index in [9.17, 15) is 4.39 Å². The highest BCUT2D eigenvalue weighted by atomic mass is 35.5. The molecule has 0 radical (unpaired) electrons. The van der Waals surface area contributed by atoms with Crippen LogP contribution in [0.5, 0.6) is 0 Å². The Labute approximate surface area is 181 Å². The van der Waals surface area contributed by atoms with Crippen LogP contribution in [0.3, 0.4) is 0 Å². The van der Waals surface area contributed by atoms with Gasteiger partial charge in [-0.1, -0.05) is 41.9 Å². The highest BCUT2D eigenvalue weighted by Crippen LogP contribution is 2.33. The van der Waals surface area contributed by atoms with Crippen LogP contribution in [0.2, 0.25) is 5.02 Å². The molecule has 0 fully saturated rings. The monoisotopic (exact) mass is 425 g/mol. The van der Waals surface area contributed by atoms with E-state index in [1.165, 1.54) is 17.7 Å². The topological polar surface area (TPSA) is 46.8 Å². The molecule has 1 unspecified atom stereocenters. The summed E-state index contributed by atoms with van der Waals surface area (Å²) in [7, 11) is 0. The van der Waals surface area contributed by atoms with Gasteiger partial charge in [-0.3, -0.25) is 4.90 Å². The van der Waals surface area contributed by atoms with Crippen molar-refractivity contribution >= 4 is 17.2 Å². The zero-order valence-electron chi connectivity index (χ0n) is 17.4. The highest BCUT2D eigenvalue weighted by Gasteiger charge is 2.32. The molecule has 156 valence electrons. The molecule has 0 saturated heterocycles. The lowest BCUT2D eigenvalue weighted by Gasteiger charge is -2.35. The van der Waals surface area contributed by atoms with E-state index in [4.69, 9.17) is 11.6 Å². The average molecular weight is 426 g/mol. The van der Waals surface area contributed by atoms with Crippen LogP contribution in [0.1, 0.15) is 50.2 Å². The number of hydrogen-bond acceptors (Lipinski definition) is 4. The minimum absolute atomic E-state index is 0.0949. The van der Waals surface area contributed by atoms with Crippen molar-refractivity contribution in [3.05, 3.63) is 82.4 Å². The van der Waals surface area contributed by atoms with Crippen molar-refractivity contribution in [2.45, 2.75) is 38.8 Å². The van der Waals surface area contributed by atoms with Crippen LogP contribution in [0, 0.1) is 5.82 Å². The van der Waals surface area contributed by atoms with Crippen LogP contribution in [0.4, 0.5) is 4.39 Å². The molecular weight excluding hydrogens is 401 g/mol. The molecule has 1 aromatic heterocycles. The van der Waals surface area contributed by atoms with E-state index >= 15 is 0 Å². The summed E-state index contributed by atoms with van der Waals surface area (Å²) in [6.45, 7) is 7.86. The molecule has 0 amide bonds. The summed E-state index contributed by atoms with van der Waals surface area (Å²) in [6.07, 6.45) is 3.08. The van der Waals surface area contributed by atoms with Crippen molar-refractivity contribution in [2.24, 2.45) is 0 Å². The summed E-state index contributed by atoms with van der Waals surface area (Å²) in [5.41, 5.74) is 3.16. The number of hydrogen-bond donors (Lipinski definition) is 0. The standard InChI is InChI=1S/C23H25ClFN5/c1-23(2,3)30-22(26-27-28-30)21(18-4-8-19(24)9-5-18)29-14-12-17(13-15-29)16-6-10-20(25)11-7-16/h4-12,21H,13-15H2,1-3H3. The molecule has 4 rings (SSSR count). The van der Waals surface area contributed by atoms with E-state index < -0.39 is 0 Å². The second kappa shape index (κ2) is 8.28.